The van der Waals surface area contributed by atoms with Crippen LogP contribution in [0.5, 0.6) is 0 Å². The fraction of sp³-hybridized carbons (Fsp3) is 0.938. The van der Waals surface area contributed by atoms with E-state index in [0.29, 0.717) is 30.7 Å². The monoisotopic (exact) mass is 347 g/mol. The SMILES string of the molecule is CCNC(=NCC(CCO)CC(C)C)NCC1CCS(=O)(=O)C1. The van der Waals surface area contributed by atoms with Gasteiger partial charge in [-0.2, -0.15) is 0 Å². The zero-order chi connectivity index (χ0) is 17.3. The minimum Gasteiger partial charge on any atom is -0.396 e. The second kappa shape index (κ2) is 10.1. The van der Waals surface area contributed by atoms with E-state index in [1.165, 1.54) is 0 Å². The van der Waals surface area contributed by atoms with E-state index < -0.39 is 9.84 Å². The normalized spacial score (nSPS) is 22.3. The van der Waals surface area contributed by atoms with Gasteiger partial charge in [0.25, 0.3) is 0 Å². The van der Waals surface area contributed by atoms with E-state index in [4.69, 9.17) is 0 Å². The summed E-state index contributed by atoms with van der Waals surface area (Å²) >= 11 is 0. The molecule has 23 heavy (non-hydrogen) atoms. The molecule has 0 saturated carbocycles. The highest BCUT2D eigenvalue weighted by molar-refractivity contribution is 7.91. The summed E-state index contributed by atoms with van der Waals surface area (Å²) in [6.45, 7) is 8.64. The Bertz CT molecular complexity index is 463. The maximum Gasteiger partial charge on any atom is 0.191 e. The number of aliphatic hydroxyl groups excluding tert-OH is 1. The largest absolute Gasteiger partial charge is 0.396 e. The fourth-order valence-corrected chi connectivity index (χ4v) is 4.83. The predicted octanol–water partition coefficient (Wildman–Crippen LogP) is 1.02. The molecule has 3 N–H and O–H groups in total. The molecule has 0 aromatic heterocycles. The van der Waals surface area contributed by atoms with Gasteiger partial charge >= 0.3 is 0 Å². The summed E-state index contributed by atoms with van der Waals surface area (Å²) in [6, 6.07) is 0. The van der Waals surface area contributed by atoms with Gasteiger partial charge < -0.3 is 15.7 Å². The Morgan fingerprint density at radius 1 is 1.35 bits per heavy atom. The summed E-state index contributed by atoms with van der Waals surface area (Å²) in [5.74, 6) is 2.46. The highest BCUT2D eigenvalue weighted by atomic mass is 32.2. The Morgan fingerprint density at radius 3 is 2.61 bits per heavy atom. The number of aliphatic hydroxyl groups is 1. The van der Waals surface area contributed by atoms with Crippen molar-refractivity contribution in [2.75, 3.05) is 37.7 Å². The quantitative estimate of drug-likeness (QED) is 0.428. The molecule has 1 aliphatic heterocycles. The lowest BCUT2D eigenvalue weighted by atomic mass is 9.94. The zero-order valence-corrected chi connectivity index (χ0v) is 15.5. The molecule has 0 spiro atoms. The van der Waals surface area contributed by atoms with Crippen molar-refractivity contribution in [1.82, 2.24) is 10.6 Å². The summed E-state index contributed by atoms with van der Waals surface area (Å²) in [5.41, 5.74) is 0. The van der Waals surface area contributed by atoms with Crippen molar-refractivity contribution in [2.24, 2.45) is 22.7 Å². The van der Waals surface area contributed by atoms with Gasteiger partial charge in [0.15, 0.2) is 15.8 Å². The molecule has 6 nitrogen and oxygen atoms in total. The number of sulfone groups is 1. The maximum atomic E-state index is 11.5. The average Bonchev–Trinajstić information content (AvgIpc) is 2.81. The van der Waals surface area contributed by atoms with E-state index in [9.17, 15) is 13.5 Å². The summed E-state index contributed by atoms with van der Waals surface area (Å²) < 4.78 is 23.0. The fourth-order valence-electron chi connectivity index (χ4n) is 2.97. The molecule has 0 aromatic rings. The van der Waals surface area contributed by atoms with Crippen molar-refractivity contribution in [3.8, 4) is 0 Å². The van der Waals surface area contributed by atoms with E-state index in [-0.39, 0.29) is 18.3 Å². The van der Waals surface area contributed by atoms with Crippen LogP contribution in [-0.2, 0) is 9.84 Å². The van der Waals surface area contributed by atoms with Crippen LogP contribution in [0.25, 0.3) is 0 Å². The summed E-state index contributed by atoms with van der Waals surface area (Å²) in [5, 5.41) is 15.6. The van der Waals surface area contributed by atoms with E-state index in [2.05, 4.69) is 29.5 Å². The van der Waals surface area contributed by atoms with Crippen LogP contribution in [0.1, 0.15) is 40.0 Å². The standard InChI is InChI=1S/C16H33N3O3S/c1-4-17-16(18-10-14(5-7-20)9-13(2)3)19-11-15-6-8-23(21,22)12-15/h13-15,20H,4-12H2,1-3H3,(H2,17,18,19). The van der Waals surface area contributed by atoms with Crippen molar-refractivity contribution >= 4 is 15.8 Å². The van der Waals surface area contributed by atoms with E-state index in [1.807, 2.05) is 6.92 Å². The highest BCUT2D eigenvalue weighted by Crippen LogP contribution is 2.17. The van der Waals surface area contributed by atoms with Gasteiger partial charge in [0, 0.05) is 26.2 Å². The Kier molecular flexibility index (Phi) is 8.91. The van der Waals surface area contributed by atoms with Gasteiger partial charge in [0.2, 0.25) is 0 Å². The number of hydrogen-bond acceptors (Lipinski definition) is 4. The second-order valence-corrected chi connectivity index (χ2v) is 9.11. The minimum atomic E-state index is -2.83. The lowest BCUT2D eigenvalue weighted by Crippen LogP contribution is -2.40. The molecule has 0 bridgehead atoms. The van der Waals surface area contributed by atoms with Crippen molar-refractivity contribution in [2.45, 2.75) is 40.0 Å². The molecule has 0 amide bonds. The molecule has 0 aromatic carbocycles. The molecular weight excluding hydrogens is 314 g/mol. The zero-order valence-electron chi connectivity index (χ0n) is 14.7. The number of hydrogen-bond donors (Lipinski definition) is 3. The number of nitrogens with zero attached hydrogens (tertiary/aromatic N) is 1. The van der Waals surface area contributed by atoms with Crippen molar-refractivity contribution < 1.29 is 13.5 Å². The van der Waals surface area contributed by atoms with Crippen molar-refractivity contribution in [3.05, 3.63) is 0 Å². The number of rotatable bonds is 9. The lowest BCUT2D eigenvalue weighted by Gasteiger charge is -2.18. The third kappa shape index (κ3) is 8.55. The van der Waals surface area contributed by atoms with Crippen LogP contribution < -0.4 is 10.6 Å². The van der Waals surface area contributed by atoms with Crippen LogP contribution in [0.2, 0.25) is 0 Å². The van der Waals surface area contributed by atoms with Crippen LogP contribution in [-0.4, -0.2) is 57.2 Å². The summed E-state index contributed by atoms with van der Waals surface area (Å²) in [4.78, 5) is 4.62. The van der Waals surface area contributed by atoms with Crippen LogP contribution in [0.15, 0.2) is 4.99 Å². The molecule has 0 aliphatic carbocycles. The van der Waals surface area contributed by atoms with Crippen LogP contribution >= 0.6 is 0 Å². The van der Waals surface area contributed by atoms with E-state index in [0.717, 1.165) is 31.8 Å². The molecule has 2 unspecified atom stereocenters. The Balaban J connectivity index is 2.51. The molecule has 1 aliphatic rings. The van der Waals surface area contributed by atoms with Crippen molar-refractivity contribution in [1.29, 1.82) is 0 Å². The van der Waals surface area contributed by atoms with Gasteiger partial charge in [-0.15, -0.1) is 0 Å². The Labute approximate surface area is 141 Å². The van der Waals surface area contributed by atoms with Gasteiger partial charge in [0.1, 0.15) is 0 Å². The molecule has 136 valence electrons. The van der Waals surface area contributed by atoms with Gasteiger partial charge in [-0.1, -0.05) is 13.8 Å². The minimum absolute atomic E-state index is 0.174. The van der Waals surface area contributed by atoms with E-state index >= 15 is 0 Å². The first-order valence-electron chi connectivity index (χ1n) is 8.69. The smallest absolute Gasteiger partial charge is 0.191 e. The number of nitrogens with one attached hydrogen (secondary N) is 2. The lowest BCUT2D eigenvalue weighted by molar-refractivity contribution is 0.245. The maximum absolute atomic E-state index is 11.5. The molecule has 1 fully saturated rings. The molecule has 2 atom stereocenters. The van der Waals surface area contributed by atoms with Crippen LogP contribution in [0.3, 0.4) is 0 Å². The number of aliphatic imine (C=N–C) groups is 1. The van der Waals surface area contributed by atoms with E-state index in [1.54, 1.807) is 0 Å². The summed E-state index contributed by atoms with van der Waals surface area (Å²) in [6.07, 6.45) is 2.54. The molecular formula is C16H33N3O3S. The summed E-state index contributed by atoms with van der Waals surface area (Å²) in [7, 11) is -2.83. The average molecular weight is 348 g/mol. The van der Waals surface area contributed by atoms with Gasteiger partial charge in [-0.05, 0) is 43.9 Å². The first-order valence-corrected chi connectivity index (χ1v) is 10.5. The van der Waals surface area contributed by atoms with Crippen LogP contribution in [0.4, 0.5) is 0 Å². The van der Waals surface area contributed by atoms with Gasteiger partial charge in [-0.25, -0.2) is 8.42 Å². The molecule has 1 heterocycles. The Morgan fingerprint density at radius 2 is 2.09 bits per heavy atom. The highest BCUT2D eigenvalue weighted by Gasteiger charge is 2.27. The predicted molar refractivity (Wildman–Crippen MR) is 95.4 cm³/mol. The van der Waals surface area contributed by atoms with Gasteiger partial charge in [-0.3, -0.25) is 4.99 Å². The molecule has 0 radical (unpaired) electrons. The first kappa shape index (κ1) is 20.2. The van der Waals surface area contributed by atoms with Gasteiger partial charge in [0.05, 0.1) is 11.5 Å². The molecule has 1 saturated heterocycles. The molecule has 1 rings (SSSR count). The number of guanidine groups is 1. The first-order chi connectivity index (χ1) is 10.9. The third-order valence-corrected chi connectivity index (χ3v) is 5.92. The van der Waals surface area contributed by atoms with Crippen LogP contribution in [0, 0.1) is 17.8 Å². The molecule has 7 heteroatoms. The van der Waals surface area contributed by atoms with Crippen molar-refractivity contribution in [3.63, 3.8) is 0 Å². The second-order valence-electron chi connectivity index (χ2n) is 6.88. The topological polar surface area (TPSA) is 90.8 Å². The third-order valence-electron chi connectivity index (χ3n) is 4.08. The Hall–Kier alpha value is -0.820.